The molecule has 0 bridgehead atoms. The Morgan fingerprint density at radius 3 is 2.69 bits per heavy atom. The van der Waals surface area contributed by atoms with Crippen molar-refractivity contribution in [3.8, 4) is 11.5 Å². The number of hydrogen-bond acceptors (Lipinski definition) is 3. The van der Waals surface area contributed by atoms with Crippen molar-refractivity contribution in [2.75, 3.05) is 7.11 Å². The molecule has 88 valence electrons. The molecule has 0 saturated heterocycles. The summed E-state index contributed by atoms with van der Waals surface area (Å²) in [6.45, 7) is 1.66. The second-order valence-corrected chi connectivity index (χ2v) is 3.52. The normalized spacial score (nSPS) is 12.2. The van der Waals surface area contributed by atoms with Gasteiger partial charge in [-0.3, -0.25) is 4.79 Å². The zero-order valence-corrected chi connectivity index (χ0v) is 9.03. The van der Waals surface area contributed by atoms with Crippen molar-refractivity contribution in [1.82, 2.24) is 0 Å². The number of aliphatic carboxylic acids is 1. The lowest BCUT2D eigenvalue weighted by Crippen LogP contribution is -2.05. The Morgan fingerprint density at radius 1 is 1.56 bits per heavy atom. The number of aromatic hydroxyl groups is 1. The first-order valence-corrected chi connectivity index (χ1v) is 4.74. The topological polar surface area (TPSA) is 66.8 Å². The molecule has 0 spiro atoms. The van der Waals surface area contributed by atoms with E-state index in [2.05, 4.69) is 0 Å². The maximum atomic E-state index is 13.4. The molecule has 0 amide bonds. The van der Waals surface area contributed by atoms with Crippen molar-refractivity contribution in [2.24, 2.45) is 0 Å². The van der Waals surface area contributed by atoms with E-state index in [0.717, 1.165) is 0 Å². The highest BCUT2D eigenvalue weighted by atomic mass is 19.1. The van der Waals surface area contributed by atoms with Crippen molar-refractivity contribution < 1.29 is 24.1 Å². The predicted octanol–water partition coefficient (Wildman–Crippen LogP) is 2.12. The van der Waals surface area contributed by atoms with E-state index in [4.69, 9.17) is 14.9 Å². The van der Waals surface area contributed by atoms with E-state index in [1.807, 2.05) is 0 Å². The fourth-order valence-corrected chi connectivity index (χ4v) is 1.53. The molecule has 0 aliphatic heterocycles. The first-order valence-electron chi connectivity index (χ1n) is 4.74. The second kappa shape index (κ2) is 4.83. The van der Waals surface area contributed by atoms with E-state index in [1.54, 1.807) is 6.92 Å². The molecule has 4 nitrogen and oxygen atoms in total. The van der Waals surface area contributed by atoms with Crippen molar-refractivity contribution in [1.29, 1.82) is 0 Å². The maximum Gasteiger partial charge on any atom is 0.303 e. The average Bonchev–Trinajstić information content (AvgIpc) is 2.20. The average molecular weight is 228 g/mol. The third kappa shape index (κ3) is 2.42. The second-order valence-electron chi connectivity index (χ2n) is 3.52. The number of carboxylic acid groups (broad SMARTS) is 1. The van der Waals surface area contributed by atoms with Crippen LogP contribution in [0.15, 0.2) is 12.1 Å². The molecule has 16 heavy (non-hydrogen) atoms. The summed E-state index contributed by atoms with van der Waals surface area (Å²) in [5.74, 6) is -2.83. The Hall–Kier alpha value is -1.78. The number of phenols is 1. The Kier molecular flexibility index (Phi) is 3.71. The number of hydrogen-bond donors (Lipinski definition) is 2. The predicted molar refractivity (Wildman–Crippen MR) is 55.3 cm³/mol. The number of halogens is 1. The van der Waals surface area contributed by atoms with Crippen molar-refractivity contribution in [2.45, 2.75) is 19.3 Å². The molecular formula is C11H13FO4. The van der Waals surface area contributed by atoms with E-state index >= 15 is 0 Å². The smallest absolute Gasteiger partial charge is 0.303 e. The molecule has 0 aliphatic rings. The van der Waals surface area contributed by atoms with Gasteiger partial charge in [-0.25, -0.2) is 0 Å². The highest BCUT2D eigenvalue weighted by molar-refractivity contribution is 5.68. The number of carboxylic acids is 1. The van der Waals surface area contributed by atoms with Crippen molar-refractivity contribution in [3.63, 3.8) is 0 Å². The molecule has 1 rings (SSSR count). The van der Waals surface area contributed by atoms with Crippen LogP contribution in [0, 0.1) is 5.82 Å². The molecule has 0 aromatic heterocycles. The summed E-state index contributed by atoms with van der Waals surface area (Å²) < 4.78 is 18.3. The van der Waals surface area contributed by atoms with Crippen LogP contribution in [0.3, 0.4) is 0 Å². The van der Waals surface area contributed by atoms with Gasteiger partial charge in [-0.1, -0.05) is 13.0 Å². The van der Waals surface area contributed by atoms with Gasteiger partial charge < -0.3 is 14.9 Å². The number of carbonyl (C=O) groups is 1. The fraction of sp³-hybridized carbons (Fsp3) is 0.364. The number of methoxy groups -OCH3 is 1. The van der Waals surface area contributed by atoms with Crippen LogP contribution in [-0.4, -0.2) is 23.3 Å². The summed E-state index contributed by atoms with van der Waals surface area (Å²) in [5.41, 5.74) is 0.431. The molecule has 0 saturated carbocycles. The van der Waals surface area contributed by atoms with Gasteiger partial charge in [0.2, 0.25) is 5.82 Å². The molecular weight excluding hydrogens is 215 g/mol. The minimum atomic E-state index is -0.969. The van der Waals surface area contributed by atoms with E-state index in [-0.39, 0.29) is 18.1 Å². The number of ether oxygens (including phenoxy) is 1. The highest BCUT2D eigenvalue weighted by Crippen LogP contribution is 2.35. The first-order chi connectivity index (χ1) is 7.47. The summed E-state index contributed by atoms with van der Waals surface area (Å²) >= 11 is 0. The van der Waals surface area contributed by atoms with Crippen LogP contribution in [-0.2, 0) is 4.79 Å². The molecule has 1 atom stereocenters. The molecule has 0 heterocycles. The lowest BCUT2D eigenvalue weighted by atomic mass is 9.96. The summed E-state index contributed by atoms with van der Waals surface area (Å²) in [4.78, 5) is 10.6. The molecule has 0 radical (unpaired) electrons. The monoisotopic (exact) mass is 228 g/mol. The third-order valence-corrected chi connectivity index (χ3v) is 2.32. The fourth-order valence-electron chi connectivity index (χ4n) is 1.53. The van der Waals surface area contributed by atoms with Crippen LogP contribution in [0.5, 0.6) is 11.5 Å². The molecule has 0 aliphatic carbocycles. The summed E-state index contributed by atoms with van der Waals surface area (Å²) in [7, 11) is 1.27. The van der Waals surface area contributed by atoms with Gasteiger partial charge >= 0.3 is 5.97 Å². The van der Waals surface area contributed by atoms with E-state index in [9.17, 15) is 9.18 Å². The highest BCUT2D eigenvalue weighted by Gasteiger charge is 2.19. The number of phenolic OH excluding ortho intramolecular Hbond substituents is 1. The molecule has 5 heteroatoms. The molecule has 1 aromatic rings. The SMILES string of the molecule is COc1c(C(C)CC(=O)O)ccc(O)c1F. The minimum absolute atomic E-state index is 0.103. The summed E-state index contributed by atoms with van der Waals surface area (Å²) in [6, 6.07) is 2.65. The zero-order chi connectivity index (χ0) is 12.3. The van der Waals surface area contributed by atoms with Crippen LogP contribution in [0.2, 0.25) is 0 Å². The van der Waals surface area contributed by atoms with Crippen LogP contribution >= 0.6 is 0 Å². The van der Waals surface area contributed by atoms with Gasteiger partial charge in [-0.05, 0) is 12.0 Å². The Labute approximate surface area is 92.3 Å². The molecule has 1 aromatic carbocycles. The lowest BCUT2D eigenvalue weighted by Gasteiger charge is -2.14. The number of benzene rings is 1. The summed E-state index contributed by atoms with van der Waals surface area (Å²) in [6.07, 6.45) is -0.124. The Morgan fingerprint density at radius 2 is 2.19 bits per heavy atom. The van der Waals surface area contributed by atoms with Crippen molar-refractivity contribution >= 4 is 5.97 Å². The molecule has 2 N–H and O–H groups in total. The van der Waals surface area contributed by atoms with Gasteiger partial charge in [-0.15, -0.1) is 0 Å². The largest absolute Gasteiger partial charge is 0.505 e. The maximum absolute atomic E-state index is 13.4. The van der Waals surface area contributed by atoms with Gasteiger partial charge in [0.15, 0.2) is 11.5 Å². The van der Waals surface area contributed by atoms with E-state index < -0.39 is 17.5 Å². The van der Waals surface area contributed by atoms with E-state index in [1.165, 1.54) is 19.2 Å². The van der Waals surface area contributed by atoms with E-state index in [0.29, 0.717) is 5.56 Å². The zero-order valence-electron chi connectivity index (χ0n) is 9.03. The standard InChI is InChI=1S/C11H13FO4/c1-6(5-9(14)15)7-3-4-8(13)10(12)11(7)16-2/h3-4,6,13H,5H2,1-2H3,(H,14,15). The van der Waals surface area contributed by atoms with Gasteiger partial charge in [0.1, 0.15) is 0 Å². The summed E-state index contributed by atoms with van der Waals surface area (Å²) in [5, 5.41) is 17.8. The quantitative estimate of drug-likeness (QED) is 0.828. The minimum Gasteiger partial charge on any atom is -0.505 e. The van der Waals surface area contributed by atoms with Crippen LogP contribution in [0.25, 0.3) is 0 Å². The lowest BCUT2D eigenvalue weighted by molar-refractivity contribution is -0.137. The Balaban J connectivity index is 3.13. The van der Waals surface area contributed by atoms with Gasteiger partial charge in [-0.2, -0.15) is 4.39 Å². The van der Waals surface area contributed by atoms with Gasteiger partial charge in [0.05, 0.1) is 13.5 Å². The molecule has 1 unspecified atom stereocenters. The Bertz CT molecular complexity index is 403. The van der Waals surface area contributed by atoms with Crippen LogP contribution in [0.4, 0.5) is 4.39 Å². The first kappa shape index (κ1) is 12.3. The van der Waals surface area contributed by atoms with Crippen LogP contribution < -0.4 is 4.74 Å². The van der Waals surface area contributed by atoms with Gasteiger partial charge in [0.25, 0.3) is 0 Å². The van der Waals surface area contributed by atoms with Crippen molar-refractivity contribution in [3.05, 3.63) is 23.5 Å². The van der Waals surface area contributed by atoms with Crippen LogP contribution in [0.1, 0.15) is 24.8 Å². The molecule has 0 fully saturated rings. The van der Waals surface area contributed by atoms with Gasteiger partial charge in [0, 0.05) is 5.56 Å². The third-order valence-electron chi connectivity index (χ3n) is 2.32. The number of rotatable bonds is 4.